The van der Waals surface area contributed by atoms with Crippen LogP contribution in [0.4, 0.5) is 0 Å². The zero-order valence-corrected chi connectivity index (χ0v) is 24.4. The van der Waals surface area contributed by atoms with Gasteiger partial charge < -0.3 is 13.6 Å². The lowest BCUT2D eigenvalue weighted by atomic mass is 10.0. The largest absolute Gasteiger partial charge is 0.456 e. The summed E-state index contributed by atoms with van der Waals surface area (Å²) in [6, 6.07) is 45.2. The van der Waals surface area contributed by atoms with Gasteiger partial charge in [-0.05, 0) is 90.3 Å². The van der Waals surface area contributed by atoms with Crippen molar-refractivity contribution < 1.29 is 4.42 Å². The monoisotopic (exact) mass is 565 g/mol. The summed E-state index contributed by atoms with van der Waals surface area (Å²) in [7, 11) is 0. The van der Waals surface area contributed by atoms with E-state index < -0.39 is 0 Å². The van der Waals surface area contributed by atoms with E-state index in [1.165, 1.54) is 21.9 Å². The van der Waals surface area contributed by atoms with Gasteiger partial charge in [-0.1, -0.05) is 56.3 Å². The fraction of sp³-hybridized carbons (Fsp3) is 0.0750. The summed E-state index contributed by atoms with van der Waals surface area (Å²) in [6.45, 7) is 4.49. The summed E-state index contributed by atoms with van der Waals surface area (Å²) in [4.78, 5) is 0. The fourth-order valence-electron chi connectivity index (χ4n) is 6.98. The average molecular weight is 566 g/mol. The highest BCUT2D eigenvalue weighted by Crippen LogP contribution is 2.39. The van der Waals surface area contributed by atoms with E-state index >= 15 is 0 Å². The number of nitriles is 1. The lowest BCUT2D eigenvalue weighted by molar-refractivity contribution is 0.669. The zero-order chi connectivity index (χ0) is 29.5. The van der Waals surface area contributed by atoms with E-state index in [-0.39, 0.29) is 0 Å². The molecule has 0 unspecified atom stereocenters. The molecule has 0 aliphatic rings. The molecule has 9 aromatic rings. The molecular weight excluding hydrogens is 538 g/mol. The first kappa shape index (κ1) is 24.8. The normalized spacial score (nSPS) is 12.0. The minimum atomic E-state index is 0.418. The van der Waals surface area contributed by atoms with Crippen molar-refractivity contribution in [2.75, 3.05) is 0 Å². The molecule has 0 atom stereocenters. The van der Waals surface area contributed by atoms with Crippen LogP contribution in [-0.2, 0) is 0 Å². The summed E-state index contributed by atoms with van der Waals surface area (Å²) >= 11 is 0. The maximum atomic E-state index is 9.60. The highest BCUT2D eigenvalue weighted by Gasteiger charge is 2.18. The molecule has 0 aliphatic carbocycles. The van der Waals surface area contributed by atoms with E-state index in [1.807, 2.05) is 24.3 Å². The van der Waals surface area contributed by atoms with Gasteiger partial charge in [-0.25, -0.2) is 0 Å². The summed E-state index contributed by atoms with van der Waals surface area (Å²) in [5, 5.41) is 16.5. The number of nitrogens with zero attached hydrogens (tertiary/aromatic N) is 3. The molecule has 4 nitrogen and oxygen atoms in total. The highest BCUT2D eigenvalue weighted by atomic mass is 16.3. The third-order valence-corrected chi connectivity index (χ3v) is 9.12. The van der Waals surface area contributed by atoms with Gasteiger partial charge in [-0.3, -0.25) is 0 Å². The predicted molar refractivity (Wildman–Crippen MR) is 181 cm³/mol. The number of fused-ring (bicyclic) bond motifs is 9. The number of rotatable bonds is 3. The first-order valence-corrected chi connectivity index (χ1v) is 15.0. The highest BCUT2D eigenvalue weighted by molar-refractivity contribution is 6.13. The van der Waals surface area contributed by atoms with Gasteiger partial charge in [-0.15, -0.1) is 0 Å². The van der Waals surface area contributed by atoms with Crippen molar-refractivity contribution in [3.05, 3.63) is 132 Å². The summed E-state index contributed by atoms with van der Waals surface area (Å²) < 4.78 is 10.9. The quantitative estimate of drug-likeness (QED) is 0.214. The van der Waals surface area contributed by atoms with Gasteiger partial charge in [0.25, 0.3) is 0 Å². The number of aromatic nitrogens is 2. The summed E-state index contributed by atoms with van der Waals surface area (Å²) in [5.41, 5.74) is 10.5. The lowest BCUT2D eigenvalue weighted by Crippen LogP contribution is -1.96. The van der Waals surface area contributed by atoms with Crippen molar-refractivity contribution >= 4 is 65.6 Å². The Bertz CT molecular complexity index is 2660. The minimum absolute atomic E-state index is 0.418. The van der Waals surface area contributed by atoms with Crippen molar-refractivity contribution in [3.63, 3.8) is 0 Å². The van der Waals surface area contributed by atoms with Gasteiger partial charge >= 0.3 is 0 Å². The second-order valence-corrected chi connectivity index (χ2v) is 11.9. The molecule has 0 radical (unpaired) electrons. The Morgan fingerprint density at radius 2 is 1.09 bits per heavy atom. The van der Waals surface area contributed by atoms with Gasteiger partial charge in [0.1, 0.15) is 11.2 Å². The minimum Gasteiger partial charge on any atom is -0.456 e. The molecule has 0 saturated carbocycles. The molecule has 3 heterocycles. The van der Waals surface area contributed by atoms with E-state index in [0.717, 1.165) is 60.6 Å². The molecule has 6 aromatic carbocycles. The second-order valence-electron chi connectivity index (χ2n) is 11.9. The van der Waals surface area contributed by atoms with Crippen molar-refractivity contribution in [2.45, 2.75) is 19.8 Å². The van der Waals surface area contributed by atoms with Gasteiger partial charge in [0, 0.05) is 43.7 Å². The van der Waals surface area contributed by atoms with Crippen LogP contribution < -0.4 is 0 Å². The number of hydrogen-bond donors (Lipinski definition) is 0. The number of benzene rings is 6. The van der Waals surface area contributed by atoms with Crippen molar-refractivity contribution in [2.24, 2.45) is 0 Å². The molecule has 0 saturated heterocycles. The van der Waals surface area contributed by atoms with Crippen LogP contribution >= 0.6 is 0 Å². The van der Waals surface area contributed by atoms with Crippen LogP contribution in [-0.4, -0.2) is 9.13 Å². The van der Waals surface area contributed by atoms with Crippen LogP contribution in [0, 0.1) is 11.3 Å². The Morgan fingerprint density at radius 1 is 0.523 bits per heavy atom. The van der Waals surface area contributed by atoms with Gasteiger partial charge in [0.2, 0.25) is 0 Å². The first-order chi connectivity index (χ1) is 21.6. The first-order valence-electron chi connectivity index (χ1n) is 15.0. The van der Waals surface area contributed by atoms with Crippen molar-refractivity contribution in [1.29, 1.82) is 5.26 Å². The third-order valence-electron chi connectivity index (χ3n) is 9.12. The third kappa shape index (κ3) is 3.44. The molecule has 9 rings (SSSR count). The molecule has 0 N–H and O–H groups in total. The number of para-hydroxylation sites is 2. The Hall–Kier alpha value is -5.79. The molecule has 0 aliphatic heterocycles. The van der Waals surface area contributed by atoms with Crippen molar-refractivity contribution in [1.82, 2.24) is 9.13 Å². The van der Waals surface area contributed by atoms with Gasteiger partial charge in [-0.2, -0.15) is 5.26 Å². The average Bonchev–Trinajstić information content (AvgIpc) is 3.71. The molecular formula is C40H27N3O. The molecule has 0 bridgehead atoms. The SMILES string of the molecule is CC(C)c1ccc2c(c1)c1cc(-n3c4ccccc4c4cc(C#N)ccc43)ccc1n2-c1ccc2oc3ccccc3c2c1. The Morgan fingerprint density at radius 3 is 1.86 bits per heavy atom. The maximum Gasteiger partial charge on any atom is 0.135 e. The topological polar surface area (TPSA) is 46.8 Å². The van der Waals surface area contributed by atoms with Crippen molar-refractivity contribution in [3.8, 4) is 17.4 Å². The summed E-state index contributed by atoms with van der Waals surface area (Å²) in [6.07, 6.45) is 0. The van der Waals surface area contributed by atoms with Crippen LogP contribution in [0.25, 0.3) is 76.9 Å². The van der Waals surface area contributed by atoms with Gasteiger partial charge in [0.05, 0.1) is 33.7 Å². The standard InChI is InChI=1S/C40H27N3O/c1-24(2)26-12-16-37-32(20-26)33-21-27(42-35-9-5-3-7-29(35)31-19-25(23-41)11-15-36(31)42)13-17-38(33)43(37)28-14-18-40-34(22-28)30-8-4-6-10-39(30)44-40/h3-22,24H,1-2H3. The molecule has 4 heteroatoms. The predicted octanol–water partition coefficient (Wildman–Crippen LogP) is 10.8. The number of hydrogen-bond acceptors (Lipinski definition) is 2. The van der Waals surface area contributed by atoms with E-state index in [9.17, 15) is 5.26 Å². The number of furan rings is 1. The second kappa shape index (κ2) is 9.10. The summed E-state index contributed by atoms with van der Waals surface area (Å²) in [5.74, 6) is 0.418. The van der Waals surface area contributed by atoms with Crippen LogP contribution in [0.3, 0.4) is 0 Å². The Balaban J connectivity index is 1.35. The van der Waals surface area contributed by atoms with E-state index in [1.54, 1.807) is 0 Å². The van der Waals surface area contributed by atoms with Gasteiger partial charge in [0.15, 0.2) is 0 Å². The molecule has 3 aromatic heterocycles. The molecule has 0 amide bonds. The van der Waals surface area contributed by atoms with E-state index in [0.29, 0.717) is 11.5 Å². The molecule has 0 spiro atoms. The smallest absolute Gasteiger partial charge is 0.135 e. The van der Waals surface area contributed by atoms with Crippen LogP contribution in [0.5, 0.6) is 0 Å². The van der Waals surface area contributed by atoms with E-state index in [2.05, 4.69) is 126 Å². The van der Waals surface area contributed by atoms with Crippen LogP contribution in [0.15, 0.2) is 126 Å². The molecule has 44 heavy (non-hydrogen) atoms. The zero-order valence-electron chi connectivity index (χ0n) is 24.4. The maximum absolute atomic E-state index is 9.60. The molecule has 208 valence electrons. The fourth-order valence-corrected chi connectivity index (χ4v) is 6.98. The Labute approximate surface area is 253 Å². The Kier molecular flexibility index (Phi) is 5.13. The molecule has 0 fully saturated rings. The van der Waals surface area contributed by atoms with Crippen LogP contribution in [0.2, 0.25) is 0 Å². The lowest BCUT2D eigenvalue weighted by Gasteiger charge is -2.10. The van der Waals surface area contributed by atoms with E-state index in [4.69, 9.17) is 4.42 Å². The van der Waals surface area contributed by atoms with Crippen LogP contribution in [0.1, 0.15) is 30.9 Å².